The van der Waals surface area contributed by atoms with Crippen LogP contribution in [0.3, 0.4) is 0 Å². The van der Waals surface area contributed by atoms with Crippen molar-refractivity contribution in [3.05, 3.63) is 76.0 Å². The minimum atomic E-state index is -0.785. The van der Waals surface area contributed by atoms with Crippen LogP contribution in [0, 0.1) is 0 Å². The summed E-state index contributed by atoms with van der Waals surface area (Å²) in [7, 11) is 0. The van der Waals surface area contributed by atoms with Gasteiger partial charge < -0.3 is 20.5 Å². The fraction of sp³-hybridized carbons (Fsp3) is 0.423. The van der Waals surface area contributed by atoms with Gasteiger partial charge in [0.15, 0.2) is 0 Å². The molecule has 3 aromatic rings. The number of nitrogens with zero attached hydrogens (tertiary/aromatic N) is 2. The predicted octanol–water partition coefficient (Wildman–Crippen LogP) is 3.23. The van der Waals surface area contributed by atoms with Gasteiger partial charge in [0, 0.05) is 29.0 Å². The second-order valence-electron chi connectivity index (χ2n) is 9.55. The van der Waals surface area contributed by atoms with E-state index in [0.29, 0.717) is 18.7 Å². The molecule has 1 saturated carbocycles. The highest BCUT2D eigenvalue weighted by Gasteiger charge is 2.45. The van der Waals surface area contributed by atoms with Crippen LogP contribution < -0.4 is 15.4 Å². The van der Waals surface area contributed by atoms with Gasteiger partial charge in [-0.15, -0.1) is 0 Å². The number of carbonyl (C=O) groups excluding carboxylic acids is 1. The molecule has 2 aromatic carbocycles. The lowest BCUT2D eigenvalue weighted by Crippen LogP contribution is -2.52. The summed E-state index contributed by atoms with van der Waals surface area (Å²) in [5, 5.41) is 28.1. The Balaban J connectivity index is 1.28. The summed E-state index contributed by atoms with van der Waals surface area (Å²) in [4.78, 5) is 12.7. The molecule has 1 aromatic heterocycles. The SMILES string of the molecule is O=C(Cc1cn[nH]n1)N[C@@H](Cc1ccccc1)[C@@H](O)CN[C@H]1CC2(CCC2)Oc2ccc(Br)cc21. The fourth-order valence-corrected chi connectivity index (χ4v) is 5.37. The van der Waals surface area contributed by atoms with Crippen molar-refractivity contribution in [2.45, 2.75) is 62.3 Å². The molecule has 5 rings (SSSR count). The molecule has 1 aliphatic carbocycles. The van der Waals surface area contributed by atoms with Crippen LogP contribution in [0.2, 0.25) is 0 Å². The molecule has 0 unspecified atom stereocenters. The van der Waals surface area contributed by atoms with Crippen LogP contribution in [-0.2, 0) is 17.6 Å². The first-order valence-corrected chi connectivity index (χ1v) is 12.9. The van der Waals surface area contributed by atoms with E-state index in [2.05, 4.69) is 48.0 Å². The van der Waals surface area contributed by atoms with Gasteiger partial charge >= 0.3 is 0 Å². The molecule has 1 spiro atoms. The van der Waals surface area contributed by atoms with Crippen LogP contribution in [0.15, 0.2) is 59.2 Å². The third-order valence-electron chi connectivity index (χ3n) is 7.00. The van der Waals surface area contributed by atoms with E-state index in [1.807, 2.05) is 42.5 Å². The minimum absolute atomic E-state index is 0.0643. The van der Waals surface area contributed by atoms with E-state index in [-0.39, 0.29) is 24.0 Å². The van der Waals surface area contributed by atoms with Crippen molar-refractivity contribution in [1.82, 2.24) is 26.0 Å². The second-order valence-corrected chi connectivity index (χ2v) is 10.5. The molecule has 35 heavy (non-hydrogen) atoms. The van der Waals surface area contributed by atoms with Crippen molar-refractivity contribution >= 4 is 21.8 Å². The highest BCUT2D eigenvalue weighted by atomic mass is 79.9. The Hall–Kier alpha value is -2.75. The van der Waals surface area contributed by atoms with Crippen molar-refractivity contribution in [1.29, 1.82) is 0 Å². The van der Waals surface area contributed by atoms with Crippen LogP contribution in [0.25, 0.3) is 0 Å². The summed E-state index contributed by atoms with van der Waals surface area (Å²) in [5.41, 5.74) is 2.59. The molecule has 1 fully saturated rings. The second kappa shape index (κ2) is 10.5. The number of amides is 1. The number of aliphatic hydroxyl groups is 1. The van der Waals surface area contributed by atoms with E-state index >= 15 is 0 Å². The number of hydrogen-bond donors (Lipinski definition) is 4. The van der Waals surface area contributed by atoms with E-state index in [0.717, 1.165) is 40.6 Å². The third-order valence-corrected chi connectivity index (χ3v) is 7.50. The molecule has 0 radical (unpaired) electrons. The van der Waals surface area contributed by atoms with Gasteiger partial charge in [0.2, 0.25) is 5.91 Å². The number of ether oxygens (including phenoxy) is 1. The summed E-state index contributed by atoms with van der Waals surface area (Å²) >= 11 is 3.58. The lowest BCUT2D eigenvalue weighted by molar-refractivity contribution is -0.122. The Kier molecular flexibility index (Phi) is 7.17. The molecule has 3 atom stereocenters. The molecule has 2 aliphatic rings. The molecular weight excluding hydrogens is 510 g/mol. The van der Waals surface area contributed by atoms with Gasteiger partial charge in [-0.3, -0.25) is 4.79 Å². The smallest absolute Gasteiger partial charge is 0.226 e. The van der Waals surface area contributed by atoms with Gasteiger partial charge in [-0.2, -0.15) is 15.4 Å². The number of aromatic nitrogens is 3. The standard InChI is InChI=1S/C26H30BrN5O3/c27-18-7-8-24-20(12-18)22(14-26(35-24)9-4-10-26)28-16-23(33)21(11-17-5-2-1-3-6-17)30-25(34)13-19-15-29-32-31-19/h1-3,5-8,12,15,21-23,28,33H,4,9-11,13-14,16H2,(H,30,34)(H,29,31,32)/t21-,22-,23-/m0/s1. The number of aliphatic hydroxyl groups excluding tert-OH is 1. The molecular formula is C26H30BrN5O3. The summed E-state index contributed by atoms with van der Waals surface area (Å²) in [6.07, 6.45) is 5.52. The number of aromatic amines is 1. The predicted molar refractivity (Wildman–Crippen MR) is 135 cm³/mol. The molecule has 8 nitrogen and oxygen atoms in total. The summed E-state index contributed by atoms with van der Waals surface area (Å²) in [5.74, 6) is 0.709. The van der Waals surface area contributed by atoms with Gasteiger partial charge in [0.25, 0.3) is 0 Å². The molecule has 0 bridgehead atoms. The van der Waals surface area contributed by atoms with E-state index < -0.39 is 12.1 Å². The average Bonchev–Trinajstić information content (AvgIpc) is 3.34. The number of halogens is 1. The topological polar surface area (TPSA) is 112 Å². The first kappa shape index (κ1) is 24.0. The highest BCUT2D eigenvalue weighted by Crippen LogP contribution is 2.49. The highest BCUT2D eigenvalue weighted by molar-refractivity contribution is 9.10. The summed E-state index contributed by atoms with van der Waals surface area (Å²) in [6.45, 7) is 0.342. The van der Waals surface area contributed by atoms with E-state index in [1.54, 1.807) is 0 Å². The van der Waals surface area contributed by atoms with Crippen LogP contribution in [0.1, 0.15) is 48.5 Å². The molecule has 0 saturated heterocycles. The van der Waals surface area contributed by atoms with Crippen molar-refractivity contribution in [3.8, 4) is 5.75 Å². The molecule has 184 valence electrons. The number of nitrogens with one attached hydrogen (secondary N) is 3. The van der Waals surface area contributed by atoms with Gasteiger partial charge in [-0.1, -0.05) is 46.3 Å². The van der Waals surface area contributed by atoms with Gasteiger partial charge in [0.1, 0.15) is 11.4 Å². The Bertz CT molecular complexity index is 1140. The Morgan fingerprint density at radius 2 is 2.09 bits per heavy atom. The lowest BCUT2D eigenvalue weighted by Gasteiger charge is -2.48. The normalized spacial score (nSPS) is 19.8. The zero-order valence-corrected chi connectivity index (χ0v) is 21.0. The van der Waals surface area contributed by atoms with Crippen LogP contribution in [0.5, 0.6) is 5.75 Å². The number of fused-ring (bicyclic) bond motifs is 1. The van der Waals surface area contributed by atoms with Crippen molar-refractivity contribution < 1.29 is 14.6 Å². The quantitative estimate of drug-likeness (QED) is 0.332. The van der Waals surface area contributed by atoms with Crippen LogP contribution >= 0.6 is 15.9 Å². The lowest BCUT2D eigenvalue weighted by atomic mass is 9.73. The largest absolute Gasteiger partial charge is 0.487 e. The van der Waals surface area contributed by atoms with Crippen LogP contribution in [-0.4, -0.2) is 50.7 Å². The summed E-state index contributed by atoms with van der Waals surface area (Å²) in [6, 6.07) is 15.6. The Morgan fingerprint density at radius 1 is 1.26 bits per heavy atom. The average molecular weight is 540 g/mol. The van der Waals surface area contributed by atoms with Crippen molar-refractivity contribution in [3.63, 3.8) is 0 Å². The maximum Gasteiger partial charge on any atom is 0.226 e. The molecule has 1 amide bonds. The molecule has 4 N–H and O–H groups in total. The fourth-order valence-electron chi connectivity index (χ4n) is 4.99. The van der Waals surface area contributed by atoms with Gasteiger partial charge in [0.05, 0.1) is 30.5 Å². The molecule has 2 heterocycles. The number of hydrogen-bond acceptors (Lipinski definition) is 6. The first-order chi connectivity index (χ1) is 17.0. The van der Waals surface area contributed by atoms with E-state index in [1.165, 1.54) is 12.6 Å². The summed E-state index contributed by atoms with van der Waals surface area (Å²) < 4.78 is 7.38. The monoisotopic (exact) mass is 539 g/mol. The maximum absolute atomic E-state index is 12.7. The number of H-pyrrole nitrogens is 1. The van der Waals surface area contributed by atoms with Gasteiger partial charge in [-0.25, -0.2) is 0 Å². The number of carbonyl (C=O) groups is 1. The number of rotatable bonds is 9. The first-order valence-electron chi connectivity index (χ1n) is 12.1. The van der Waals surface area contributed by atoms with Gasteiger partial charge in [-0.05, 0) is 49.4 Å². The zero-order valence-electron chi connectivity index (χ0n) is 19.4. The van der Waals surface area contributed by atoms with Crippen LogP contribution in [0.4, 0.5) is 0 Å². The Morgan fingerprint density at radius 3 is 2.80 bits per heavy atom. The molecule has 9 heteroatoms. The molecule has 1 aliphatic heterocycles. The van der Waals surface area contributed by atoms with E-state index in [4.69, 9.17) is 4.74 Å². The maximum atomic E-state index is 12.7. The zero-order chi connectivity index (χ0) is 24.3. The van der Waals surface area contributed by atoms with Crippen molar-refractivity contribution in [2.75, 3.05) is 6.54 Å². The van der Waals surface area contributed by atoms with E-state index in [9.17, 15) is 9.90 Å². The minimum Gasteiger partial charge on any atom is -0.487 e. The Labute approximate surface area is 213 Å². The van der Waals surface area contributed by atoms with Crippen molar-refractivity contribution in [2.24, 2.45) is 0 Å². The number of benzene rings is 2. The third kappa shape index (κ3) is 5.74.